The normalized spacial score (nSPS) is 19.7. The summed E-state index contributed by atoms with van der Waals surface area (Å²) in [5.74, 6) is -3.35. The largest absolute Gasteiger partial charge is 0.478 e. The Balaban J connectivity index is 1.33. The molecule has 0 radical (unpaired) electrons. The fraction of sp³-hybridized carbons (Fsp3) is 0.500. The molecular weight excluding hydrogens is 462 g/mol. The van der Waals surface area contributed by atoms with Gasteiger partial charge in [-0.05, 0) is 57.4 Å². The van der Waals surface area contributed by atoms with Crippen molar-refractivity contribution in [2.45, 2.75) is 45.1 Å². The van der Waals surface area contributed by atoms with Crippen molar-refractivity contribution >= 4 is 23.7 Å². The molecule has 0 aromatic heterocycles. The summed E-state index contributed by atoms with van der Waals surface area (Å²) in [4.78, 5) is 41.5. The van der Waals surface area contributed by atoms with E-state index in [9.17, 15) is 24.6 Å². The second-order valence-electron chi connectivity index (χ2n) is 9.71. The molecule has 2 amide bonds. The Morgan fingerprint density at radius 2 is 1.64 bits per heavy atom. The molecule has 0 atom stereocenters. The molecule has 194 valence electrons. The molecule has 1 aromatic carbocycles. The first-order valence-corrected chi connectivity index (χ1v) is 12.5. The summed E-state index contributed by atoms with van der Waals surface area (Å²) in [5, 5.41) is 28.1. The van der Waals surface area contributed by atoms with Gasteiger partial charge in [0.25, 0.3) is 0 Å². The smallest absolute Gasteiger partial charge is 0.334 e. The highest BCUT2D eigenvalue weighted by Gasteiger charge is 2.36. The molecule has 1 aliphatic carbocycles. The number of carbonyl (C=O) groups is 3. The number of carbonyl (C=O) groups excluding carboxylic acids is 1. The van der Waals surface area contributed by atoms with Gasteiger partial charge in [-0.25, -0.2) is 14.4 Å². The summed E-state index contributed by atoms with van der Waals surface area (Å²) >= 11 is 0. The third-order valence-corrected chi connectivity index (χ3v) is 7.11. The second-order valence-corrected chi connectivity index (χ2v) is 9.71. The van der Waals surface area contributed by atoms with Crippen molar-refractivity contribution in [1.29, 1.82) is 0 Å². The number of hydrogen-bond donors (Lipinski definition) is 5. The molecule has 2 fully saturated rings. The highest BCUT2D eigenvalue weighted by atomic mass is 16.4. The number of rotatable bonds is 9. The molecule has 1 saturated carbocycles. The van der Waals surface area contributed by atoms with Crippen LogP contribution in [0.2, 0.25) is 0 Å². The van der Waals surface area contributed by atoms with E-state index in [2.05, 4.69) is 25.8 Å². The van der Waals surface area contributed by atoms with Crippen LogP contribution in [0.1, 0.15) is 44.6 Å². The number of urea groups is 1. The van der Waals surface area contributed by atoms with E-state index in [0.717, 1.165) is 45.2 Å². The Morgan fingerprint density at radius 1 is 1.00 bits per heavy atom. The van der Waals surface area contributed by atoms with E-state index in [4.69, 9.17) is 0 Å². The first kappa shape index (κ1) is 25.7. The monoisotopic (exact) mass is 497 g/mol. The SMILES string of the molecule is CC1=C(C(=O)O)C(c2cccc(NC(=O)NCCCN3CCN(C4CC4)CC3)c2)C(C(=O)O)=C(C)N1. The summed E-state index contributed by atoms with van der Waals surface area (Å²) in [6.45, 7) is 9.11. The number of piperazine rings is 1. The Kier molecular flexibility index (Phi) is 7.95. The van der Waals surface area contributed by atoms with Crippen molar-refractivity contribution in [3.05, 3.63) is 52.4 Å². The third kappa shape index (κ3) is 6.06. The zero-order valence-corrected chi connectivity index (χ0v) is 20.8. The van der Waals surface area contributed by atoms with Gasteiger partial charge in [-0.2, -0.15) is 0 Å². The van der Waals surface area contributed by atoms with Crippen LogP contribution >= 0.6 is 0 Å². The van der Waals surface area contributed by atoms with Crippen LogP contribution in [0.15, 0.2) is 46.8 Å². The highest BCUT2D eigenvalue weighted by Crippen LogP contribution is 2.39. The lowest BCUT2D eigenvalue weighted by Crippen LogP contribution is -2.47. The number of carboxylic acids is 2. The maximum atomic E-state index is 12.5. The number of nitrogens with zero attached hydrogens (tertiary/aromatic N) is 2. The van der Waals surface area contributed by atoms with E-state index in [0.29, 0.717) is 29.2 Å². The average molecular weight is 498 g/mol. The third-order valence-electron chi connectivity index (χ3n) is 7.11. The Bertz CT molecular complexity index is 1050. The van der Waals surface area contributed by atoms with Crippen LogP contribution in [0.3, 0.4) is 0 Å². The summed E-state index contributed by atoms with van der Waals surface area (Å²) < 4.78 is 0. The summed E-state index contributed by atoms with van der Waals surface area (Å²) in [6, 6.07) is 7.13. The fourth-order valence-corrected chi connectivity index (χ4v) is 5.16. The minimum absolute atomic E-state index is 0.0300. The number of benzene rings is 1. The molecule has 0 unspecified atom stereocenters. The van der Waals surface area contributed by atoms with Crippen LogP contribution in [0.4, 0.5) is 10.5 Å². The molecule has 10 nitrogen and oxygen atoms in total. The molecule has 1 saturated heterocycles. The van der Waals surface area contributed by atoms with Crippen molar-refractivity contribution < 1.29 is 24.6 Å². The lowest BCUT2D eigenvalue weighted by molar-refractivity contribution is -0.133. The first-order chi connectivity index (χ1) is 17.2. The van der Waals surface area contributed by atoms with Crippen LogP contribution in [0.25, 0.3) is 0 Å². The number of nitrogens with one attached hydrogen (secondary N) is 3. The zero-order chi connectivity index (χ0) is 25.8. The molecule has 10 heteroatoms. The van der Waals surface area contributed by atoms with Crippen molar-refractivity contribution in [2.75, 3.05) is 44.6 Å². The van der Waals surface area contributed by atoms with Gasteiger partial charge < -0.3 is 31.1 Å². The van der Waals surface area contributed by atoms with Crippen LogP contribution in [0, 0.1) is 0 Å². The van der Waals surface area contributed by atoms with Crippen LogP contribution in [-0.2, 0) is 9.59 Å². The van der Waals surface area contributed by atoms with Crippen molar-refractivity contribution in [3.63, 3.8) is 0 Å². The van der Waals surface area contributed by atoms with E-state index >= 15 is 0 Å². The number of carboxylic acid groups (broad SMARTS) is 2. The predicted octanol–water partition coefficient (Wildman–Crippen LogP) is 2.38. The number of amides is 2. The molecule has 3 aliphatic rings. The summed E-state index contributed by atoms with van der Waals surface area (Å²) in [5.41, 5.74) is 1.66. The zero-order valence-electron chi connectivity index (χ0n) is 20.8. The van der Waals surface area contributed by atoms with E-state index in [1.165, 1.54) is 12.8 Å². The Morgan fingerprint density at radius 3 is 2.22 bits per heavy atom. The lowest BCUT2D eigenvalue weighted by Gasteiger charge is -2.34. The van der Waals surface area contributed by atoms with E-state index < -0.39 is 17.9 Å². The molecule has 5 N–H and O–H groups in total. The quantitative estimate of drug-likeness (QED) is 0.328. The van der Waals surface area contributed by atoms with Crippen LogP contribution < -0.4 is 16.0 Å². The Hall–Kier alpha value is -3.37. The summed E-state index contributed by atoms with van der Waals surface area (Å²) in [7, 11) is 0. The van der Waals surface area contributed by atoms with Crippen molar-refractivity contribution in [2.24, 2.45) is 0 Å². The van der Waals surface area contributed by atoms with Crippen molar-refractivity contribution in [3.8, 4) is 0 Å². The van der Waals surface area contributed by atoms with Gasteiger partial charge in [0.2, 0.25) is 0 Å². The van der Waals surface area contributed by atoms with Gasteiger partial charge in [0.1, 0.15) is 0 Å². The van der Waals surface area contributed by atoms with Gasteiger partial charge in [0.15, 0.2) is 0 Å². The minimum atomic E-state index is -1.19. The Labute approximate surface area is 211 Å². The summed E-state index contributed by atoms with van der Waals surface area (Å²) in [6.07, 6.45) is 3.53. The van der Waals surface area contributed by atoms with Crippen molar-refractivity contribution in [1.82, 2.24) is 20.4 Å². The van der Waals surface area contributed by atoms with Gasteiger partial charge in [-0.3, -0.25) is 4.90 Å². The minimum Gasteiger partial charge on any atom is -0.478 e. The highest BCUT2D eigenvalue weighted by molar-refractivity contribution is 5.98. The molecule has 2 aliphatic heterocycles. The maximum Gasteiger partial charge on any atom is 0.334 e. The molecule has 4 rings (SSSR count). The number of allylic oxidation sites excluding steroid dienone is 2. The maximum absolute atomic E-state index is 12.5. The first-order valence-electron chi connectivity index (χ1n) is 12.5. The van der Waals surface area contributed by atoms with E-state index in [-0.39, 0.29) is 17.2 Å². The lowest BCUT2D eigenvalue weighted by atomic mass is 9.80. The van der Waals surface area contributed by atoms with Crippen LogP contribution in [0.5, 0.6) is 0 Å². The van der Waals surface area contributed by atoms with E-state index in [1.54, 1.807) is 38.1 Å². The molecule has 0 bridgehead atoms. The number of aliphatic carboxylic acids is 2. The van der Waals surface area contributed by atoms with E-state index in [1.807, 2.05) is 0 Å². The number of dihydropyridines is 1. The van der Waals surface area contributed by atoms with Gasteiger partial charge in [-0.1, -0.05) is 12.1 Å². The molecule has 0 spiro atoms. The van der Waals surface area contributed by atoms with Gasteiger partial charge in [0, 0.05) is 55.8 Å². The van der Waals surface area contributed by atoms with Gasteiger partial charge >= 0.3 is 18.0 Å². The average Bonchev–Trinajstić information content (AvgIpc) is 3.67. The molecular formula is C26H35N5O5. The van der Waals surface area contributed by atoms with Gasteiger partial charge in [-0.15, -0.1) is 0 Å². The number of hydrogen-bond acceptors (Lipinski definition) is 6. The predicted molar refractivity (Wildman–Crippen MR) is 136 cm³/mol. The molecule has 2 heterocycles. The van der Waals surface area contributed by atoms with Crippen LogP contribution in [-0.4, -0.2) is 83.3 Å². The molecule has 36 heavy (non-hydrogen) atoms. The second kappa shape index (κ2) is 11.1. The standard InChI is InChI=1S/C26H35N5O5/c1-16-21(24(32)33)23(22(25(34)35)17(2)28-16)18-5-3-6-19(15-18)29-26(36)27-9-4-10-30-11-13-31(14-12-30)20-7-8-20/h3,5-6,15,20,23,28H,4,7-14H2,1-2H3,(H,32,33)(H,34,35)(H2,27,29,36). The molecule has 1 aromatic rings. The number of anilines is 1. The van der Waals surface area contributed by atoms with Gasteiger partial charge in [0.05, 0.1) is 17.1 Å². The fourth-order valence-electron chi connectivity index (χ4n) is 5.16. The topological polar surface area (TPSA) is 134 Å².